The molecule has 1 atom stereocenters. The minimum Gasteiger partial charge on any atom is -0.744 e. The van der Waals surface area contributed by atoms with Crippen LogP contribution < -0.4 is 29.6 Å². The monoisotopic (exact) mass is 362 g/mol. The summed E-state index contributed by atoms with van der Waals surface area (Å²) in [5.74, 6) is 0.471. The molecule has 0 spiro atoms. The zero-order valence-corrected chi connectivity index (χ0v) is 18.4. The van der Waals surface area contributed by atoms with E-state index in [0.717, 1.165) is 24.8 Å². The average molecular weight is 363 g/mol. The molecule has 1 aromatic carbocycles. The van der Waals surface area contributed by atoms with Crippen LogP contribution in [0.3, 0.4) is 0 Å². The van der Waals surface area contributed by atoms with Gasteiger partial charge in [-0.1, -0.05) is 77.3 Å². The van der Waals surface area contributed by atoms with Gasteiger partial charge >= 0.3 is 29.6 Å². The Bertz CT molecular complexity index is 526. The third-order valence-corrected chi connectivity index (χ3v) is 5.28. The molecule has 0 radical (unpaired) electrons. The molecule has 0 fully saturated rings. The summed E-state index contributed by atoms with van der Waals surface area (Å²) in [6.45, 7) is 4.41. The van der Waals surface area contributed by atoms with E-state index < -0.39 is 10.1 Å². The van der Waals surface area contributed by atoms with Gasteiger partial charge in [0.25, 0.3) is 0 Å². The first-order valence-electron chi connectivity index (χ1n) is 9.04. The van der Waals surface area contributed by atoms with E-state index in [0.29, 0.717) is 5.92 Å². The van der Waals surface area contributed by atoms with Crippen molar-refractivity contribution in [3.63, 3.8) is 0 Å². The molecule has 132 valence electrons. The van der Waals surface area contributed by atoms with Crippen molar-refractivity contribution in [2.75, 3.05) is 0 Å². The molecule has 0 amide bonds. The van der Waals surface area contributed by atoms with E-state index in [1.54, 1.807) is 0 Å². The molecule has 24 heavy (non-hydrogen) atoms. The van der Waals surface area contributed by atoms with E-state index in [1.165, 1.54) is 57.1 Å². The summed E-state index contributed by atoms with van der Waals surface area (Å²) in [7, 11) is -4.34. The summed E-state index contributed by atoms with van der Waals surface area (Å²) in [5, 5.41) is 0. The van der Waals surface area contributed by atoms with E-state index in [4.69, 9.17) is 0 Å². The summed E-state index contributed by atoms with van der Waals surface area (Å²) in [6.07, 6.45) is 12.5. The van der Waals surface area contributed by atoms with Crippen LogP contribution in [0, 0.1) is 0 Å². The van der Waals surface area contributed by atoms with Gasteiger partial charge in [0.2, 0.25) is 0 Å². The van der Waals surface area contributed by atoms with Crippen LogP contribution in [-0.2, 0) is 10.1 Å². The third-order valence-electron chi connectivity index (χ3n) is 4.43. The number of rotatable bonds is 12. The molecule has 0 saturated carbocycles. The Labute approximate surface area is 170 Å². The first kappa shape index (κ1) is 24.1. The van der Waals surface area contributed by atoms with Crippen molar-refractivity contribution in [1.29, 1.82) is 0 Å². The van der Waals surface area contributed by atoms with Crippen molar-refractivity contribution in [2.45, 2.75) is 88.9 Å². The van der Waals surface area contributed by atoms with Crippen LogP contribution >= 0.6 is 0 Å². The fourth-order valence-electron chi connectivity index (χ4n) is 3.08. The number of hydrogen-bond acceptors (Lipinski definition) is 3. The third kappa shape index (κ3) is 9.57. The molecule has 1 aromatic rings. The Morgan fingerprint density at radius 3 is 1.88 bits per heavy atom. The number of benzene rings is 1. The van der Waals surface area contributed by atoms with Gasteiger partial charge in [-0.3, -0.25) is 0 Å². The Morgan fingerprint density at radius 2 is 1.38 bits per heavy atom. The smallest absolute Gasteiger partial charge is 0.744 e. The van der Waals surface area contributed by atoms with Crippen LogP contribution in [0.25, 0.3) is 0 Å². The fraction of sp³-hybridized carbons (Fsp3) is 0.684. The second-order valence-electron chi connectivity index (χ2n) is 6.42. The van der Waals surface area contributed by atoms with E-state index >= 15 is 0 Å². The average Bonchev–Trinajstić information content (AvgIpc) is 2.52. The van der Waals surface area contributed by atoms with Gasteiger partial charge in [0, 0.05) is 0 Å². The van der Waals surface area contributed by atoms with Crippen LogP contribution in [0.4, 0.5) is 0 Å². The molecule has 0 aliphatic rings. The van der Waals surface area contributed by atoms with Gasteiger partial charge in [0.15, 0.2) is 0 Å². The van der Waals surface area contributed by atoms with E-state index in [-0.39, 0.29) is 34.5 Å². The standard InChI is InChI=1S/C19H32O3S.Na/c1-3-5-6-7-8-9-10-12-17(11-4-2)18-13-15-19(16-14-18)23(20,21)22;/h13-17H,3-12H2,1-2H3,(H,20,21,22);/q;+1/p-1. The maximum Gasteiger partial charge on any atom is 1.00 e. The molecule has 5 heteroatoms. The largest absolute Gasteiger partial charge is 1.00 e. The van der Waals surface area contributed by atoms with Crippen molar-refractivity contribution in [2.24, 2.45) is 0 Å². The minimum absolute atomic E-state index is 0. The van der Waals surface area contributed by atoms with Gasteiger partial charge in [-0.25, -0.2) is 8.42 Å². The Hall–Kier alpha value is 0.130. The van der Waals surface area contributed by atoms with E-state index in [9.17, 15) is 13.0 Å². The molecule has 0 aromatic heterocycles. The van der Waals surface area contributed by atoms with Crippen LogP contribution in [0.5, 0.6) is 0 Å². The summed E-state index contributed by atoms with van der Waals surface area (Å²) < 4.78 is 33.0. The van der Waals surface area contributed by atoms with Crippen LogP contribution in [0.1, 0.15) is 89.5 Å². The predicted molar refractivity (Wildman–Crippen MR) is 94.7 cm³/mol. The maximum atomic E-state index is 11.0. The van der Waals surface area contributed by atoms with Crippen LogP contribution in [0.2, 0.25) is 0 Å². The molecule has 0 saturated heterocycles. The van der Waals surface area contributed by atoms with Crippen molar-refractivity contribution in [3.8, 4) is 0 Å². The van der Waals surface area contributed by atoms with E-state index in [1.807, 2.05) is 12.1 Å². The van der Waals surface area contributed by atoms with Gasteiger partial charge < -0.3 is 4.55 Å². The zero-order valence-electron chi connectivity index (χ0n) is 15.6. The van der Waals surface area contributed by atoms with Gasteiger partial charge in [-0.2, -0.15) is 0 Å². The van der Waals surface area contributed by atoms with E-state index in [2.05, 4.69) is 13.8 Å². The molecule has 0 aliphatic heterocycles. The van der Waals surface area contributed by atoms with Crippen molar-refractivity contribution in [1.82, 2.24) is 0 Å². The first-order chi connectivity index (χ1) is 11.0. The minimum atomic E-state index is -4.34. The summed E-state index contributed by atoms with van der Waals surface area (Å²) in [5.41, 5.74) is 1.16. The summed E-state index contributed by atoms with van der Waals surface area (Å²) in [6, 6.07) is 6.52. The normalized spacial score (nSPS) is 12.6. The van der Waals surface area contributed by atoms with Crippen LogP contribution in [0.15, 0.2) is 29.2 Å². The number of hydrogen-bond donors (Lipinski definition) is 0. The summed E-state index contributed by atoms with van der Waals surface area (Å²) in [4.78, 5) is -0.132. The zero-order chi connectivity index (χ0) is 17.1. The molecule has 1 rings (SSSR count). The predicted octanol–water partition coefficient (Wildman–Crippen LogP) is 2.62. The van der Waals surface area contributed by atoms with Gasteiger partial charge in [-0.15, -0.1) is 0 Å². The molecule has 3 nitrogen and oxygen atoms in total. The molecule has 0 aliphatic carbocycles. The van der Waals surface area contributed by atoms with Gasteiger partial charge in [0.05, 0.1) is 4.90 Å². The Balaban J connectivity index is 0.00000529. The van der Waals surface area contributed by atoms with Crippen molar-refractivity contribution >= 4 is 10.1 Å². The summed E-state index contributed by atoms with van der Waals surface area (Å²) >= 11 is 0. The molecule has 1 unspecified atom stereocenters. The van der Waals surface area contributed by atoms with Gasteiger partial charge in [-0.05, 0) is 36.5 Å². The van der Waals surface area contributed by atoms with Crippen molar-refractivity contribution in [3.05, 3.63) is 29.8 Å². The van der Waals surface area contributed by atoms with Gasteiger partial charge in [0.1, 0.15) is 10.1 Å². The topological polar surface area (TPSA) is 57.2 Å². The Kier molecular flexibility index (Phi) is 13.4. The second-order valence-corrected chi connectivity index (χ2v) is 7.80. The SMILES string of the molecule is CCCCCCCCCC(CCC)c1ccc(S(=O)(=O)[O-])cc1.[Na+]. The number of unbranched alkanes of at least 4 members (excludes halogenated alkanes) is 6. The van der Waals surface area contributed by atoms with Crippen LogP contribution in [-0.4, -0.2) is 13.0 Å². The molecular formula is C19H31NaO3S. The quantitative estimate of drug-likeness (QED) is 0.326. The Morgan fingerprint density at radius 1 is 0.833 bits per heavy atom. The van der Waals surface area contributed by atoms with Crippen molar-refractivity contribution < 1.29 is 42.5 Å². The molecule has 0 heterocycles. The maximum absolute atomic E-state index is 11.0. The fourth-order valence-corrected chi connectivity index (χ4v) is 3.55. The second kappa shape index (κ2) is 13.3. The molecule has 0 N–H and O–H groups in total. The molecule has 0 bridgehead atoms. The first-order valence-corrected chi connectivity index (χ1v) is 10.5. The molecular weight excluding hydrogens is 331 g/mol.